The Morgan fingerprint density at radius 3 is 1.85 bits per heavy atom. The summed E-state index contributed by atoms with van der Waals surface area (Å²) in [6.45, 7) is 0. The van der Waals surface area contributed by atoms with Crippen molar-refractivity contribution >= 4 is 0 Å². The third kappa shape index (κ3) is 0.876. The normalized spacial score (nSPS) is 50.2. The van der Waals surface area contributed by atoms with Crippen molar-refractivity contribution in [2.75, 3.05) is 0 Å². The van der Waals surface area contributed by atoms with Crippen LogP contribution in [-0.4, -0.2) is 13.9 Å². The molecule has 0 radical (unpaired) electrons. The molecule has 2 aromatic rings. The average Bonchev–Trinajstić information content (AvgIpc) is 2.78. The van der Waals surface area contributed by atoms with Gasteiger partial charge < -0.3 is 0 Å². The minimum Gasteiger partial charge on any atom is -0.245 e. The Bertz CT molecular complexity index is 1060. The second-order valence-corrected chi connectivity index (χ2v) is 9.66. The highest BCUT2D eigenvalue weighted by molar-refractivity contribution is 5.48. The van der Waals surface area contributed by atoms with Gasteiger partial charge in [-0.05, 0) is 48.6 Å². The van der Waals surface area contributed by atoms with Crippen LogP contribution in [0.5, 0.6) is 0 Å². The molecule has 9 rings (SSSR count). The smallest absolute Gasteiger partial charge is 0.245 e. The molecule has 26 heavy (non-hydrogen) atoms. The third-order valence-electron chi connectivity index (χ3n) is 9.73. The van der Waals surface area contributed by atoms with Gasteiger partial charge in [-0.25, -0.2) is 23.5 Å². The number of hydrogen-bond donors (Lipinski definition) is 0. The SMILES string of the molecule is O=c1n(-c2ccccc2)c(=O)n2n1[C@@H]1[C@H]3[C@H]4[C@H]5[C@@H]3[C@@]13CCCCC[C@]53[C@@H]42. The van der Waals surface area contributed by atoms with E-state index in [1.807, 2.05) is 39.7 Å². The van der Waals surface area contributed by atoms with E-state index in [2.05, 4.69) is 0 Å². The Balaban J connectivity index is 1.44. The van der Waals surface area contributed by atoms with Crippen molar-refractivity contribution < 1.29 is 0 Å². The zero-order valence-electron chi connectivity index (χ0n) is 14.5. The van der Waals surface area contributed by atoms with Crippen molar-refractivity contribution in [3.8, 4) is 5.69 Å². The fourth-order valence-corrected chi connectivity index (χ4v) is 9.52. The van der Waals surface area contributed by atoms with Gasteiger partial charge >= 0.3 is 11.4 Å². The second kappa shape index (κ2) is 3.54. The molecular weight excluding hydrogens is 326 g/mol. The Morgan fingerprint density at radius 2 is 1.31 bits per heavy atom. The molecule has 0 unspecified atom stereocenters. The van der Waals surface area contributed by atoms with Gasteiger partial charge in [0.15, 0.2) is 0 Å². The summed E-state index contributed by atoms with van der Waals surface area (Å²) in [5.41, 5.74) is 1.22. The molecular formula is C21H21N3O2. The molecule has 8 atom stereocenters. The molecule has 132 valence electrons. The highest BCUT2D eigenvalue weighted by Crippen LogP contribution is 3.03. The van der Waals surface area contributed by atoms with Gasteiger partial charge in [-0.2, -0.15) is 0 Å². The molecule has 1 aromatic heterocycles. The summed E-state index contributed by atoms with van der Waals surface area (Å²) >= 11 is 0. The van der Waals surface area contributed by atoms with Crippen LogP contribution in [0.1, 0.15) is 44.2 Å². The molecule has 2 aliphatic heterocycles. The summed E-state index contributed by atoms with van der Waals surface area (Å²) in [4.78, 5) is 26.8. The highest BCUT2D eigenvalue weighted by Gasteiger charge is 3.02. The van der Waals surface area contributed by atoms with Crippen LogP contribution in [0.15, 0.2) is 39.9 Å². The number of hydrogen-bond acceptors (Lipinski definition) is 2. The topological polar surface area (TPSA) is 48.9 Å². The van der Waals surface area contributed by atoms with E-state index in [4.69, 9.17) is 0 Å². The van der Waals surface area contributed by atoms with E-state index < -0.39 is 0 Å². The zero-order chi connectivity index (χ0) is 17.0. The van der Waals surface area contributed by atoms with Crippen molar-refractivity contribution in [3.63, 3.8) is 0 Å². The quantitative estimate of drug-likeness (QED) is 0.795. The maximum atomic E-state index is 13.4. The van der Waals surface area contributed by atoms with Crippen LogP contribution >= 0.6 is 0 Å². The summed E-state index contributed by atoms with van der Waals surface area (Å²) in [6, 6.07) is 10.1. The number of benzene rings is 1. The van der Waals surface area contributed by atoms with Crippen molar-refractivity contribution in [2.24, 2.45) is 34.5 Å². The summed E-state index contributed by atoms with van der Waals surface area (Å²) in [6.07, 6.45) is 6.52. The largest absolute Gasteiger partial charge is 0.352 e. The molecule has 1 aromatic carbocycles. The first-order valence-electron chi connectivity index (χ1n) is 10.3. The maximum Gasteiger partial charge on any atom is 0.352 e. The van der Waals surface area contributed by atoms with Gasteiger partial charge in [-0.1, -0.05) is 37.5 Å². The summed E-state index contributed by atoms with van der Waals surface area (Å²) in [5.74, 6) is 3.13. The average molecular weight is 347 g/mol. The monoisotopic (exact) mass is 347 g/mol. The number of para-hydroxylation sites is 1. The van der Waals surface area contributed by atoms with E-state index >= 15 is 0 Å². The predicted molar refractivity (Wildman–Crippen MR) is 94.3 cm³/mol. The van der Waals surface area contributed by atoms with Crippen LogP contribution < -0.4 is 11.4 Å². The van der Waals surface area contributed by atoms with Gasteiger partial charge in [-0.3, -0.25) is 0 Å². The highest BCUT2D eigenvalue weighted by atomic mass is 16.2. The molecule has 0 saturated heterocycles. The van der Waals surface area contributed by atoms with Crippen molar-refractivity contribution in [1.29, 1.82) is 0 Å². The Labute approximate surface area is 150 Å². The lowest BCUT2D eigenvalue weighted by molar-refractivity contribution is -0.552. The summed E-state index contributed by atoms with van der Waals surface area (Å²) < 4.78 is 5.28. The van der Waals surface area contributed by atoms with Crippen molar-refractivity contribution in [2.45, 2.75) is 44.2 Å². The first-order chi connectivity index (χ1) is 12.7. The van der Waals surface area contributed by atoms with E-state index in [9.17, 15) is 9.59 Å². The van der Waals surface area contributed by atoms with E-state index in [1.165, 1.54) is 36.7 Å². The first-order valence-corrected chi connectivity index (χ1v) is 10.3. The summed E-state index contributed by atoms with van der Waals surface area (Å²) in [7, 11) is 0. The van der Waals surface area contributed by atoms with Gasteiger partial charge in [-0.15, -0.1) is 0 Å². The second-order valence-electron chi connectivity index (χ2n) is 9.66. The molecule has 0 N–H and O–H groups in total. The fraction of sp³-hybridized carbons (Fsp3) is 0.619. The number of aromatic nitrogens is 3. The van der Waals surface area contributed by atoms with Crippen molar-refractivity contribution in [1.82, 2.24) is 13.9 Å². The van der Waals surface area contributed by atoms with Crippen LogP contribution in [-0.2, 0) is 0 Å². The van der Waals surface area contributed by atoms with Gasteiger partial charge in [0.25, 0.3) is 0 Å². The van der Waals surface area contributed by atoms with E-state index in [-0.39, 0.29) is 11.4 Å². The molecule has 2 spiro atoms. The molecule has 0 amide bonds. The summed E-state index contributed by atoms with van der Waals surface area (Å²) in [5, 5.41) is 0. The lowest BCUT2D eigenvalue weighted by Gasteiger charge is -3.01. The van der Waals surface area contributed by atoms with Crippen LogP contribution in [0, 0.1) is 34.5 Å². The van der Waals surface area contributed by atoms with Crippen molar-refractivity contribution in [3.05, 3.63) is 51.3 Å². The molecule has 5 heteroatoms. The molecule has 5 fully saturated rings. The molecule has 3 heterocycles. The maximum absolute atomic E-state index is 13.4. The third-order valence-corrected chi connectivity index (χ3v) is 9.73. The van der Waals surface area contributed by atoms with Crippen LogP contribution in [0.4, 0.5) is 0 Å². The van der Waals surface area contributed by atoms with E-state index in [0.29, 0.717) is 40.4 Å². The zero-order valence-corrected chi connectivity index (χ0v) is 14.5. The standard InChI is InChI=1S/C21H21N3O2/c25-18-22(11-7-3-1-4-8-11)19(26)24-17-13-12-14-15(13)21(17)10-6-2-5-9-20(14,21)16(12)23(18)24/h1,3-4,7-8,12-17H,2,5-6,9-10H2/t12-,13-,14-,15+,16+,17+,20+,21-/m0/s1. The minimum absolute atomic E-state index is 0.101. The van der Waals surface area contributed by atoms with E-state index in [1.54, 1.807) is 0 Å². The van der Waals surface area contributed by atoms with E-state index in [0.717, 1.165) is 11.8 Å². The fourth-order valence-electron chi connectivity index (χ4n) is 9.52. The number of rotatable bonds is 1. The Hall–Kier alpha value is -2.04. The molecule has 2 bridgehead atoms. The molecule has 5 saturated carbocycles. The van der Waals surface area contributed by atoms with Crippen LogP contribution in [0.25, 0.3) is 5.69 Å². The van der Waals surface area contributed by atoms with Gasteiger partial charge in [0.1, 0.15) is 0 Å². The van der Waals surface area contributed by atoms with Gasteiger partial charge in [0, 0.05) is 10.8 Å². The number of nitrogens with zero attached hydrogens (tertiary/aromatic N) is 3. The first kappa shape index (κ1) is 13.2. The molecule has 5 aliphatic carbocycles. The van der Waals surface area contributed by atoms with Gasteiger partial charge in [0.05, 0.1) is 17.8 Å². The lowest BCUT2D eigenvalue weighted by atomic mass is 9.05. The lowest BCUT2D eigenvalue weighted by Crippen LogP contribution is -3.00. The minimum atomic E-state index is -0.101. The molecule has 5 nitrogen and oxygen atoms in total. The van der Waals surface area contributed by atoms with Gasteiger partial charge in [0.2, 0.25) is 0 Å². The van der Waals surface area contributed by atoms with Crippen LogP contribution in [0.3, 0.4) is 0 Å². The Morgan fingerprint density at radius 1 is 0.769 bits per heavy atom. The predicted octanol–water partition coefficient (Wildman–Crippen LogP) is 2.35. The van der Waals surface area contributed by atoms with Crippen LogP contribution in [0.2, 0.25) is 0 Å². The Kier molecular flexibility index (Phi) is 1.79. The molecule has 7 aliphatic rings.